The van der Waals surface area contributed by atoms with Gasteiger partial charge in [-0.1, -0.05) is 0 Å². The van der Waals surface area contributed by atoms with Crippen LogP contribution in [0, 0.1) is 0 Å². The minimum atomic E-state index is 0.535. The molecule has 0 amide bonds. The molecule has 0 radical (unpaired) electrons. The first-order valence-corrected chi connectivity index (χ1v) is 4.20. The highest BCUT2D eigenvalue weighted by molar-refractivity contribution is 4.91. The lowest BCUT2D eigenvalue weighted by atomic mass is 10.1. The summed E-state index contributed by atoms with van der Waals surface area (Å²) in [6.07, 6.45) is 1.17. The van der Waals surface area contributed by atoms with E-state index in [0.29, 0.717) is 18.1 Å². The number of rotatable bonds is 3. The third-order valence-corrected chi connectivity index (χ3v) is 2.38. The number of nitrogens with one attached hydrogen (secondary N) is 2. The third kappa shape index (κ3) is 2.15. The maximum Gasteiger partial charge on any atom is 0.0616 e. The zero-order valence-electron chi connectivity index (χ0n) is 7.55. The Balaban J connectivity index is 2.30. The number of hydrogen-bond acceptors (Lipinski definition) is 3. The van der Waals surface area contributed by atoms with Gasteiger partial charge in [0.15, 0.2) is 0 Å². The molecule has 2 N–H and O–H groups in total. The summed E-state index contributed by atoms with van der Waals surface area (Å²) in [6, 6.07) is 1.71. The molecule has 0 aliphatic carbocycles. The van der Waals surface area contributed by atoms with Crippen molar-refractivity contribution in [2.24, 2.45) is 0 Å². The van der Waals surface area contributed by atoms with Crippen molar-refractivity contribution < 1.29 is 4.74 Å². The Morgan fingerprint density at radius 2 is 2.36 bits per heavy atom. The van der Waals surface area contributed by atoms with E-state index < -0.39 is 0 Å². The Hall–Kier alpha value is -0.120. The molecule has 0 aromatic rings. The highest BCUT2D eigenvalue weighted by atomic mass is 16.5. The average Bonchev–Trinajstić information content (AvgIpc) is 2.32. The summed E-state index contributed by atoms with van der Waals surface area (Å²) in [5, 5.41) is 6.75. The SMILES string of the molecule is CNC1CC(COC)NC1C. The molecule has 1 fully saturated rings. The predicted octanol–water partition coefficient (Wildman–Crippen LogP) is -0.0288. The van der Waals surface area contributed by atoms with Crippen LogP contribution in [-0.4, -0.2) is 38.9 Å². The largest absolute Gasteiger partial charge is 0.383 e. The fraction of sp³-hybridized carbons (Fsp3) is 1.00. The fourth-order valence-electron chi connectivity index (χ4n) is 1.75. The topological polar surface area (TPSA) is 33.3 Å². The lowest BCUT2D eigenvalue weighted by molar-refractivity contribution is 0.171. The number of methoxy groups -OCH3 is 1. The van der Waals surface area contributed by atoms with Crippen LogP contribution in [0.4, 0.5) is 0 Å². The van der Waals surface area contributed by atoms with E-state index in [0.717, 1.165) is 6.61 Å². The summed E-state index contributed by atoms with van der Waals surface area (Å²) in [5.41, 5.74) is 0. The molecule has 3 heteroatoms. The molecule has 66 valence electrons. The molecule has 1 aliphatic heterocycles. The van der Waals surface area contributed by atoms with Crippen molar-refractivity contribution in [3.8, 4) is 0 Å². The van der Waals surface area contributed by atoms with Crippen molar-refractivity contribution in [2.45, 2.75) is 31.5 Å². The van der Waals surface area contributed by atoms with Gasteiger partial charge in [-0.25, -0.2) is 0 Å². The first-order valence-electron chi connectivity index (χ1n) is 4.20. The number of hydrogen-bond donors (Lipinski definition) is 2. The van der Waals surface area contributed by atoms with Crippen LogP contribution in [-0.2, 0) is 4.74 Å². The third-order valence-electron chi connectivity index (χ3n) is 2.38. The van der Waals surface area contributed by atoms with Gasteiger partial charge in [0.2, 0.25) is 0 Å². The maximum absolute atomic E-state index is 5.08. The predicted molar refractivity (Wildman–Crippen MR) is 45.7 cm³/mol. The number of ether oxygens (including phenoxy) is 1. The van der Waals surface area contributed by atoms with Crippen LogP contribution in [0.5, 0.6) is 0 Å². The smallest absolute Gasteiger partial charge is 0.0616 e. The van der Waals surface area contributed by atoms with E-state index in [1.165, 1.54) is 6.42 Å². The molecular weight excluding hydrogens is 140 g/mol. The van der Waals surface area contributed by atoms with Crippen LogP contribution in [0.1, 0.15) is 13.3 Å². The van der Waals surface area contributed by atoms with Gasteiger partial charge >= 0.3 is 0 Å². The van der Waals surface area contributed by atoms with Crippen LogP contribution in [0.3, 0.4) is 0 Å². The summed E-state index contributed by atoms with van der Waals surface area (Å²) < 4.78 is 5.08. The van der Waals surface area contributed by atoms with Gasteiger partial charge < -0.3 is 15.4 Å². The van der Waals surface area contributed by atoms with Crippen LogP contribution in [0.2, 0.25) is 0 Å². The monoisotopic (exact) mass is 158 g/mol. The van der Waals surface area contributed by atoms with Crippen molar-refractivity contribution in [3.63, 3.8) is 0 Å². The maximum atomic E-state index is 5.08. The van der Waals surface area contributed by atoms with Crippen molar-refractivity contribution in [3.05, 3.63) is 0 Å². The van der Waals surface area contributed by atoms with Crippen LogP contribution >= 0.6 is 0 Å². The van der Waals surface area contributed by atoms with E-state index >= 15 is 0 Å². The molecule has 1 aliphatic rings. The molecule has 11 heavy (non-hydrogen) atoms. The second kappa shape index (κ2) is 4.04. The van der Waals surface area contributed by atoms with Crippen molar-refractivity contribution in [1.29, 1.82) is 0 Å². The summed E-state index contributed by atoms with van der Waals surface area (Å²) in [4.78, 5) is 0. The van der Waals surface area contributed by atoms with E-state index in [9.17, 15) is 0 Å². The van der Waals surface area contributed by atoms with E-state index in [1.54, 1.807) is 7.11 Å². The molecular formula is C8H18N2O. The Bertz CT molecular complexity index is 119. The fourth-order valence-corrected chi connectivity index (χ4v) is 1.75. The van der Waals surface area contributed by atoms with Gasteiger partial charge in [0.25, 0.3) is 0 Å². The van der Waals surface area contributed by atoms with Gasteiger partial charge in [-0.15, -0.1) is 0 Å². The molecule has 0 aromatic carbocycles. The summed E-state index contributed by atoms with van der Waals surface area (Å²) in [5.74, 6) is 0. The summed E-state index contributed by atoms with van der Waals surface area (Å²) in [7, 11) is 3.76. The Morgan fingerprint density at radius 1 is 1.64 bits per heavy atom. The molecule has 0 saturated carbocycles. The van der Waals surface area contributed by atoms with Gasteiger partial charge in [0.05, 0.1) is 6.61 Å². The molecule has 0 bridgehead atoms. The lowest BCUT2D eigenvalue weighted by Crippen LogP contribution is -2.37. The van der Waals surface area contributed by atoms with Gasteiger partial charge in [-0.2, -0.15) is 0 Å². The van der Waals surface area contributed by atoms with Crippen molar-refractivity contribution in [1.82, 2.24) is 10.6 Å². The normalized spacial score (nSPS) is 37.9. The van der Waals surface area contributed by atoms with E-state index in [-0.39, 0.29) is 0 Å². The van der Waals surface area contributed by atoms with Gasteiger partial charge in [-0.3, -0.25) is 0 Å². The molecule has 0 spiro atoms. The minimum absolute atomic E-state index is 0.535. The second-order valence-corrected chi connectivity index (χ2v) is 3.24. The van der Waals surface area contributed by atoms with E-state index in [4.69, 9.17) is 4.74 Å². The molecule has 1 rings (SSSR count). The first-order chi connectivity index (χ1) is 5.27. The molecule has 1 heterocycles. The van der Waals surface area contributed by atoms with Crippen molar-refractivity contribution in [2.75, 3.05) is 20.8 Å². The quantitative estimate of drug-likeness (QED) is 0.605. The molecule has 3 unspecified atom stereocenters. The lowest BCUT2D eigenvalue weighted by Gasteiger charge is -2.12. The Labute approximate surface area is 68.5 Å². The van der Waals surface area contributed by atoms with Crippen LogP contribution < -0.4 is 10.6 Å². The summed E-state index contributed by atoms with van der Waals surface area (Å²) in [6.45, 7) is 3.03. The molecule has 1 saturated heterocycles. The van der Waals surface area contributed by atoms with E-state index in [2.05, 4.69) is 17.6 Å². The van der Waals surface area contributed by atoms with Crippen LogP contribution in [0.15, 0.2) is 0 Å². The zero-order valence-corrected chi connectivity index (χ0v) is 7.55. The standard InChI is InChI=1S/C8H18N2O/c1-6-8(9-2)4-7(10-6)5-11-3/h6-10H,4-5H2,1-3H3. The molecule has 3 atom stereocenters. The average molecular weight is 158 g/mol. The highest BCUT2D eigenvalue weighted by Crippen LogP contribution is 2.12. The second-order valence-electron chi connectivity index (χ2n) is 3.24. The van der Waals surface area contributed by atoms with Crippen molar-refractivity contribution >= 4 is 0 Å². The minimum Gasteiger partial charge on any atom is -0.383 e. The van der Waals surface area contributed by atoms with Crippen LogP contribution in [0.25, 0.3) is 0 Å². The first kappa shape index (κ1) is 8.97. The molecule has 0 aromatic heterocycles. The van der Waals surface area contributed by atoms with E-state index in [1.807, 2.05) is 7.05 Å². The zero-order chi connectivity index (χ0) is 8.27. The Morgan fingerprint density at radius 3 is 2.82 bits per heavy atom. The molecule has 3 nitrogen and oxygen atoms in total. The summed E-state index contributed by atoms with van der Waals surface area (Å²) >= 11 is 0. The highest BCUT2D eigenvalue weighted by Gasteiger charge is 2.28. The van der Waals surface area contributed by atoms with Gasteiger partial charge in [0, 0.05) is 25.2 Å². The Kier molecular flexibility index (Phi) is 3.30. The van der Waals surface area contributed by atoms with Gasteiger partial charge in [0.1, 0.15) is 0 Å². The van der Waals surface area contributed by atoms with Gasteiger partial charge in [-0.05, 0) is 20.4 Å². The number of likely N-dealkylation sites (N-methyl/N-ethyl adjacent to an activating group) is 1.